The van der Waals surface area contributed by atoms with Crippen molar-refractivity contribution >= 4 is 22.6 Å². The van der Waals surface area contributed by atoms with Gasteiger partial charge < -0.3 is 9.46 Å². The fourth-order valence-corrected chi connectivity index (χ4v) is 2.15. The summed E-state index contributed by atoms with van der Waals surface area (Å²) in [5.74, 6) is 0.223. The predicted octanol–water partition coefficient (Wildman–Crippen LogP) is 3.38. The zero-order valence-electron chi connectivity index (χ0n) is 12.1. The third-order valence-electron chi connectivity index (χ3n) is 1.99. The number of nitrogens with one attached hydrogen (secondary N) is 1. The molecule has 0 aliphatic heterocycles. The van der Waals surface area contributed by atoms with Crippen molar-refractivity contribution in [2.75, 3.05) is 17.1 Å². The highest BCUT2D eigenvalue weighted by atomic mass is 32.2. The molecule has 5 heteroatoms. The van der Waals surface area contributed by atoms with E-state index in [-0.39, 0.29) is 5.97 Å². The molecular formula is C14H23NO3S. The summed E-state index contributed by atoms with van der Waals surface area (Å²) in [6, 6.07) is 6.82. The topological polar surface area (TPSA) is 55.4 Å². The Morgan fingerprint density at radius 2 is 2.00 bits per heavy atom. The molecule has 19 heavy (non-hydrogen) atoms. The minimum absolute atomic E-state index is 0.345. The number of anilines is 1. The van der Waals surface area contributed by atoms with E-state index in [1.165, 1.54) is 0 Å². The number of rotatable bonds is 6. The highest BCUT2D eigenvalue weighted by Crippen LogP contribution is 2.12. The number of carbonyl (C=O) groups is 1. The van der Waals surface area contributed by atoms with E-state index >= 15 is 0 Å². The second-order valence-electron chi connectivity index (χ2n) is 3.45. The van der Waals surface area contributed by atoms with Crippen LogP contribution in [0.15, 0.2) is 24.3 Å². The molecule has 0 spiro atoms. The van der Waals surface area contributed by atoms with Crippen LogP contribution in [0.4, 0.5) is 5.69 Å². The van der Waals surface area contributed by atoms with E-state index in [0.717, 1.165) is 6.42 Å². The van der Waals surface area contributed by atoms with Crippen LogP contribution in [-0.4, -0.2) is 22.5 Å². The van der Waals surface area contributed by atoms with Crippen LogP contribution in [0.3, 0.4) is 0 Å². The summed E-state index contributed by atoms with van der Waals surface area (Å²) in [6.45, 7) is 8.07. The normalized spacial score (nSPS) is 10.9. The SMILES string of the molecule is CC.CCCS(=O)Nc1cccc(C(=O)OCC)c1. The number of ether oxygens (including phenoxy) is 1. The molecule has 1 aromatic carbocycles. The first-order valence-electron chi connectivity index (χ1n) is 6.59. The van der Waals surface area contributed by atoms with Crippen molar-refractivity contribution in [2.45, 2.75) is 34.1 Å². The standard InChI is InChI=1S/C12H17NO3S.C2H6/c1-3-8-17(15)13-11-7-5-6-10(9-11)12(14)16-4-2;1-2/h5-7,9,13H,3-4,8H2,1-2H3;1-2H3. The molecule has 1 atom stereocenters. The van der Waals surface area contributed by atoms with E-state index in [1.807, 2.05) is 20.8 Å². The van der Waals surface area contributed by atoms with Crippen LogP contribution in [-0.2, 0) is 15.7 Å². The highest BCUT2D eigenvalue weighted by molar-refractivity contribution is 7.86. The van der Waals surface area contributed by atoms with E-state index in [2.05, 4.69) is 4.72 Å². The van der Waals surface area contributed by atoms with Gasteiger partial charge in [0.05, 0.1) is 12.2 Å². The number of esters is 1. The van der Waals surface area contributed by atoms with Crippen LogP contribution in [0.25, 0.3) is 0 Å². The average molecular weight is 285 g/mol. The van der Waals surface area contributed by atoms with Crippen LogP contribution >= 0.6 is 0 Å². The van der Waals surface area contributed by atoms with Gasteiger partial charge in [-0.2, -0.15) is 0 Å². The molecule has 1 rings (SSSR count). The van der Waals surface area contributed by atoms with E-state index in [1.54, 1.807) is 31.2 Å². The van der Waals surface area contributed by atoms with Gasteiger partial charge in [-0.1, -0.05) is 26.8 Å². The zero-order chi connectivity index (χ0) is 14.7. The average Bonchev–Trinajstić information content (AvgIpc) is 2.42. The Morgan fingerprint density at radius 1 is 1.32 bits per heavy atom. The molecule has 0 bridgehead atoms. The predicted molar refractivity (Wildman–Crippen MR) is 80.7 cm³/mol. The molecule has 0 heterocycles. The second kappa shape index (κ2) is 10.6. The van der Waals surface area contributed by atoms with E-state index in [9.17, 15) is 9.00 Å². The Balaban J connectivity index is 0.00000154. The molecule has 1 aromatic rings. The Kier molecular flexibility index (Phi) is 9.80. The van der Waals surface area contributed by atoms with Crippen molar-refractivity contribution in [1.29, 1.82) is 0 Å². The molecule has 108 valence electrons. The third-order valence-corrected chi connectivity index (χ3v) is 3.24. The lowest BCUT2D eigenvalue weighted by atomic mass is 10.2. The molecule has 0 aromatic heterocycles. The van der Waals surface area contributed by atoms with Gasteiger partial charge in [-0.3, -0.25) is 0 Å². The van der Waals surface area contributed by atoms with E-state index < -0.39 is 11.0 Å². The Hall–Kier alpha value is -1.36. The number of benzene rings is 1. The van der Waals surface area contributed by atoms with Crippen molar-refractivity contribution < 1.29 is 13.7 Å². The van der Waals surface area contributed by atoms with Gasteiger partial charge in [-0.15, -0.1) is 0 Å². The first-order valence-corrected chi connectivity index (χ1v) is 7.91. The second-order valence-corrected chi connectivity index (χ2v) is 4.76. The fraction of sp³-hybridized carbons (Fsp3) is 0.500. The van der Waals surface area contributed by atoms with Crippen molar-refractivity contribution in [3.05, 3.63) is 29.8 Å². The Labute approximate surface area is 118 Å². The summed E-state index contributed by atoms with van der Waals surface area (Å²) < 4.78 is 19.2. The lowest BCUT2D eigenvalue weighted by Gasteiger charge is -2.07. The van der Waals surface area contributed by atoms with Crippen LogP contribution in [0, 0.1) is 0 Å². The minimum atomic E-state index is -1.10. The number of hydrogen-bond acceptors (Lipinski definition) is 3. The maximum Gasteiger partial charge on any atom is 0.338 e. The van der Waals surface area contributed by atoms with Crippen LogP contribution in [0.1, 0.15) is 44.5 Å². The molecule has 0 radical (unpaired) electrons. The summed E-state index contributed by atoms with van der Waals surface area (Å²) in [5.41, 5.74) is 1.13. The summed E-state index contributed by atoms with van der Waals surface area (Å²) in [6.07, 6.45) is 0.844. The molecule has 0 aliphatic rings. The van der Waals surface area contributed by atoms with Crippen LogP contribution in [0.2, 0.25) is 0 Å². The van der Waals surface area contributed by atoms with Gasteiger partial charge in [-0.05, 0) is 31.5 Å². The van der Waals surface area contributed by atoms with Gasteiger partial charge in [-0.25, -0.2) is 9.00 Å². The van der Waals surface area contributed by atoms with Gasteiger partial charge in [0.2, 0.25) is 0 Å². The molecule has 1 N–H and O–H groups in total. The third kappa shape index (κ3) is 6.96. The molecule has 0 aliphatic carbocycles. The fourth-order valence-electron chi connectivity index (χ4n) is 1.29. The Bertz CT molecular complexity index is 407. The van der Waals surface area contributed by atoms with E-state index in [0.29, 0.717) is 23.6 Å². The van der Waals surface area contributed by atoms with Crippen LogP contribution < -0.4 is 4.72 Å². The summed E-state index contributed by atoms with van der Waals surface area (Å²) in [4.78, 5) is 11.5. The van der Waals surface area contributed by atoms with Crippen molar-refractivity contribution in [3.8, 4) is 0 Å². The summed E-state index contributed by atoms with van der Waals surface area (Å²) in [7, 11) is -1.10. The molecule has 0 fully saturated rings. The van der Waals surface area contributed by atoms with E-state index in [4.69, 9.17) is 4.74 Å². The molecule has 0 amide bonds. The summed E-state index contributed by atoms with van der Waals surface area (Å²) in [5, 5.41) is 0. The van der Waals surface area contributed by atoms with Gasteiger partial charge in [0.1, 0.15) is 11.0 Å². The van der Waals surface area contributed by atoms with Gasteiger partial charge in [0.15, 0.2) is 0 Å². The Morgan fingerprint density at radius 3 is 2.58 bits per heavy atom. The van der Waals surface area contributed by atoms with Gasteiger partial charge >= 0.3 is 5.97 Å². The van der Waals surface area contributed by atoms with Crippen LogP contribution in [0.5, 0.6) is 0 Å². The summed E-state index contributed by atoms with van der Waals surface area (Å²) >= 11 is 0. The molecule has 1 unspecified atom stereocenters. The maximum atomic E-state index is 11.5. The molecule has 4 nitrogen and oxygen atoms in total. The molecule has 0 saturated carbocycles. The van der Waals surface area contributed by atoms with Gasteiger partial charge in [0, 0.05) is 11.4 Å². The quantitative estimate of drug-likeness (QED) is 0.815. The first-order chi connectivity index (χ1) is 9.17. The smallest absolute Gasteiger partial charge is 0.338 e. The monoisotopic (exact) mass is 285 g/mol. The first kappa shape index (κ1) is 17.6. The van der Waals surface area contributed by atoms with Crippen molar-refractivity contribution in [1.82, 2.24) is 0 Å². The van der Waals surface area contributed by atoms with Gasteiger partial charge in [0.25, 0.3) is 0 Å². The van der Waals surface area contributed by atoms with Crippen molar-refractivity contribution in [2.24, 2.45) is 0 Å². The number of hydrogen-bond donors (Lipinski definition) is 1. The zero-order valence-corrected chi connectivity index (χ0v) is 12.9. The molecule has 0 saturated heterocycles. The van der Waals surface area contributed by atoms with Crippen molar-refractivity contribution in [3.63, 3.8) is 0 Å². The largest absolute Gasteiger partial charge is 0.462 e. The number of carbonyl (C=O) groups excluding carboxylic acids is 1. The highest BCUT2D eigenvalue weighted by Gasteiger charge is 2.07. The molecular weight excluding hydrogens is 262 g/mol. The lowest BCUT2D eigenvalue weighted by molar-refractivity contribution is 0.0526. The minimum Gasteiger partial charge on any atom is -0.462 e. The lowest BCUT2D eigenvalue weighted by Crippen LogP contribution is -2.09. The maximum absolute atomic E-state index is 11.5.